The molecule has 2 atom stereocenters. The van der Waals surface area contributed by atoms with Gasteiger partial charge in [-0.15, -0.1) is 6.58 Å². The van der Waals surface area contributed by atoms with E-state index >= 15 is 0 Å². The predicted octanol–water partition coefficient (Wildman–Crippen LogP) is 1.60. The summed E-state index contributed by atoms with van der Waals surface area (Å²) in [5.41, 5.74) is 0. The Bertz CT molecular complexity index is 88.4. The zero-order chi connectivity index (χ0) is 5.98. The number of ether oxygens (including phenoxy) is 1. The molecule has 1 fully saturated rings. The molecule has 1 saturated carbocycles. The molecule has 0 saturated heterocycles. The molecular weight excluding hydrogens is 100 g/mol. The van der Waals surface area contributed by atoms with Gasteiger partial charge < -0.3 is 4.74 Å². The van der Waals surface area contributed by atoms with Gasteiger partial charge in [-0.25, -0.2) is 0 Å². The van der Waals surface area contributed by atoms with E-state index in [4.69, 9.17) is 4.74 Å². The summed E-state index contributed by atoms with van der Waals surface area (Å²) in [4.78, 5) is 0. The zero-order valence-electron chi connectivity index (χ0n) is 5.26. The molecule has 0 N–H and O–H groups in total. The molecule has 1 rings (SSSR count). The minimum Gasteiger partial charge on any atom is -0.378 e. The molecule has 0 radical (unpaired) electrons. The highest BCUT2D eigenvalue weighted by Crippen LogP contribution is 2.33. The smallest absolute Gasteiger partial charge is 0.0644 e. The van der Waals surface area contributed by atoms with Gasteiger partial charge in [0.15, 0.2) is 0 Å². The van der Waals surface area contributed by atoms with Crippen LogP contribution in [0.5, 0.6) is 0 Å². The maximum Gasteiger partial charge on any atom is 0.0644 e. The topological polar surface area (TPSA) is 9.23 Å². The molecule has 1 aliphatic rings. The standard InChI is InChI=1S/C7H12O/c1-3-6-5-7(6)8-4-2/h3,6-7H,1,4-5H2,2H3/t6-,7-/m1/s1. The lowest BCUT2D eigenvalue weighted by Gasteiger charge is -1.93. The fraction of sp³-hybridized carbons (Fsp3) is 0.714. The van der Waals surface area contributed by atoms with Crippen LogP contribution in [0.1, 0.15) is 13.3 Å². The fourth-order valence-electron chi connectivity index (χ4n) is 0.843. The lowest BCUT2D eigenvalue weighted by molar-refractivity contribution is 0.126. The third kappa shape index (κ3) is 1.10. The van der Waals surface area contributed by atoms with Crippen molar-refractivity contribution in [2.45, 2.75) is 19.4 Å². The van der Waals surface area contributed by atoms with Crippen molar-refractivity contribution >= 4 is 0 Å². The zero-order valence-corrected chi connectivity index (χ0v) is 5.26. The van der Waals surface area contributed by atoms with Gasteiger partial charge >= 0.3 is 0 Å². The van der Waals surface area contributed by atoms with E-state index < -0.39 is 0 Å². The maximum absolute atomic E-state index is 5.29. The summed E-state index contributed by atoms with van der Waals surface area (Å²) in [5.74, 6) is 0.662. The van der Waals surface area contributed by atoms with Gasteiger partial charge in [0, 0.05) is 12.5 Å². The molecule has 46 valence electrons. The molecule has 0 amide bonds. The van der Waals surface area contributed by atoms with Gasteiger partial charge in [-0.3, -0.25) is 0 Å². The molecule has 0 aromatic rings. The van der Waals surface area contributed by atoms with Crippen molar-refractivity contribution in [2.75, 3.05) is 6.61 Å². The van der Waals surface area contributed by atoms with Gasteiger partial charge in [-0.1, -0.05) is 6.08 Å². The Morgan fingerprint density at radius 3 is 3.00 bits per heavy atom. The van der Waals surface area contributed by atoms with E-state index in [0.29, 0.717) is 12.0 Å². The first-order valence-electron chi connectivity index (χ1n) is 3.12. The van der Waals surface area contributed by atoms with Crippen molar-refractivity contribution in [2.24, 2.45) is 5.92 Å². The molecule has 0 bridgehead atoms. The van der Waals surface area contributed by atoms with Gasteiger partial charge in [-0.05, 0) is 13.3 Å². The normalized spacial score (nSPS) is 34.6. The van der Waals surface area contributed by atoms with Crippen molar-refractivity contribution in [1.29, 1.82) is 0 Å². The van der Waals surface area contributed by atoms with E-state index in [0.717, 1.165) is 6.61 Å². The van der Waals surface area contributed by atoms with E-state index in [1.165, 1.54) is 6.42 Å². The van der Waals surface area contributed by atoms with E-state index in [1.54, 1.807) is 0 Å². The molecule has 0 heterocycles. The van der Waals surface area contributed by atoms with Crippen molar-refractivity contribution in [3.63, 3.8) is 0 Å². The largest absolute Gasteiger partial charge is 0.378 e. The number of rotatable bonds is 3. The summed E-state index contributed by atoms with van der Waals surface area (Å²) in [5, 5.41) is 0. The first kappa shape index (κ1) is 5.83. The minimum absolute atomic E-state index is 0.512. The van der Waals surface area contributed by atoms with E-state index in [9.17, 15) is 0 Å². The summed E-state index contributed by atoms with van der Waals surface area (Å²) in [6.45, 7) is 6.54. The highest BCUT2D eigenvalue weighted by atomic mass is 16.5. The molecule has 1 aliphatic carbocycles. The second-order valence-corrected chi connectivity index (χ2v) is 2.13. The molecule has 1 heteroatoms. The van der Waals surface area contributed by atoms with Crippen molar-refractivity contribution in [3.05, 3.63) is 12.7 Å². The predicted molar refractivity (Wildman–Crippen MR) is 33.7 cm³/mol. The van der Waals surface area contributed by atoms with E-state index in [2.05, 4.69) is 6.58 Å². The van der Waals surface area contributed by atoms with Crippen molar-refractivity contribution in [3.8, 4) is 0 Å². The molecule has 8 heavy (non-hydrogen) atoms. The average molecular weight is 112 g/mol. The fourth-order valence-corrected chi connectivity index (χ4v) is 0.843. The molecule has 0 aromatic heterocycles. The van der Waals surface area contributed by atoms with E-state index in [1.807, 2.05) is 13.0 Å². The Morgan fingerprint density at radius 2 is 2.62 bits per heavy atom. The molecule has 1 nitrogen and oxygen atoms in total. The molecule has 0 aliphatic heterocycles. The monoisotopic (exact) mass is 112 g/mol. The van der Waals surface area contributed by atoms with Gasteiger partial charge in [0.1, 0.15) is 0 Å². The van der Waals surface area contributed by atoms with Crippen LogP contribution in [0.2, 0.25) is 0 Å². The third-order valence-corrected chi connectivity index (χ3v) is 1.46. The highest BCUT2D eigenvalue weighted by molar-refractivity contribution is 4.99. The summed E-state index contributed by atoms with van der Waals surface area (Å²) in [7, 11) is 0. The average Bonchev–Trinajstić information content (AvgIpc) is 2.48. The molecule has 0 unspecified atom stereocenters. The van der Waals surface area contributed by atoms with Crippen LogP contribution in [0, 0.1) is 5.92 Å². The van der Waals surface area contributed by atoms with Crippen LogP contribution in [0.25, 0.3) is 0 Å². The van der Waals surface area contributed by atoms with Crippen LogP contribution in [-0.2, 0) is 4.74 Å². The van der Waals surface area contributed by atoms with E-state index in [-0.39, 0.29) is 0 Å². The third-order valence-electron chi connectivity index (χ3n) is 1.46. The first-order chi connectivity index (χ1) is 3.88. The van der Waals surface area contributed by atoms with Gasteiger partial charge in [0.25, 0.3) is 0 Å². The summed E-state index contributed by atoms with van der Waals surface area (Å²) < 4.78 is 5.29. The Balaban J connectivity index is 2.07. The highest BCUT2D eigenvalue weighted by Gasteiger charge is 2.34. The second-order valence-electron chi connectivity index (χ2n) is 2.13. The first-order valence-corrected chi connectivity index (χ1v) is 3.12. The van der Waals surface area contributed by atoms with Crippen molar-refractivity contribution in [1.82, 2.24) is 0 Å². The molecular formula is C7H12O. The van der Waals surface area contributed by atoms with Crippen molar-refractivity contribution < 1.29 is 4.74 Å². The second kappa shape index (κ2) is 2.31. The quantitative estimate of drug-likeness (QED) is 0.504. The van der Waals surface area contributed by atoms with Gasteiger partial charge in [0.2, 0.25) is 0 Å². The summed E-state index contributed by atoms with van der Waals surface area (Å²) in [6.07, 6.45) is 3.68. The molecule has 0 aromatic carbocycles. The van der Waals surface area contributed by atoms with Crippen LogP contribution in [-0.4, -0.2) is 12.7 Å². The SMILES string of the molecule is C=C[C@@H]1C[C@H]1OCC. The van der Waals surface area contributed by atoms with Crippen LogP contribution in [0.3, 0.4) is 0 Å². The Labute approximate surface area is 50.3 Å². The van der Waals surface area contributed by atoms with Gasteiger partial charge in [0.05, 0.1) is 6.10 Å². The summed E-state index contributed by atoms with van der Waals surface area (Å²) in [6, 6.07) is 0. The molecule has 0 spiro atoms. The lowest BCUT2D eigenvalue weighted by atomic mass is 10.4. The van der Waals surface area contributed by atoms with Crippen LogP contribution in [0.4, 0.5) is 0 Å². The van der Waals surface area contributed by atoms with Gasteiger partial charge in [-0.2, -0.15) is 0 Å². The van der Waals surface area contributed by atoms with Crippen LogP contribution < -0.4 is 0 Å². The van der Waals surface area contributed by atoms with Crippen LogP contribution in [0.15, 0.2) is 12.7 Å². The Kier molecular flexibility index (Phi) is 1.69. The Hall–Kier alpha value is -0.300. The summed E-state index contributed by atoms with van der Waals surface area (Å²) >= 11 is 0. The lowest BCUT2D eigenvalue weighted by Crippen LogP contribution is -1.93. The number of hydrogen-bond donors (Lipinski definition) is 0. The number of hydrogen-bond acceptors (Lipinski definition) is 1. The minimum atomic E-state index is 0.512. The van der Waals surface area contributed by atoms with Crippen LogP contribution >= 0.6 is 0 Å². The Morgan fingerprint density at radius 1 is 1.88 bits per heavy atom. The maximum atomic E-state index is 5.29.